The lowest BCUT2D eigenvalue weighted by molar-refractivity contribution is -0.139. The summed E-state index contributed by atoms with van der Waals surface area (Å²) in [5.41, 5.74) is 1.44. The number of hydrogen-bond acceptors (Lipinski definition) is 5. The Labute approximate surface area is 177 Å². The monoisotopic (exact) mass is 410 g/mol. The summed E-state index contributed by atoms with van der Waals surface area (Å²) in [4.78, 5) is 14.4. The number of carbonyl (C=O) groups is 1. The van der Waals surface area contributed by atoms with Crippen LogP contribution in [0.15, 0.2) is 66.0 Å². The summed E-state index contributed by atoms with van der Waals surface area (Å²) < 4.78 is 18.3. The maximum absolute atomic E-state index is 13.4. The van der Waals surface area contributed by atoms with Crippen molar-refractivity contribution in [3.63, 3.8) is 0 Å². The van der Waals surface area contributed by atoms with Crippen LogP contribution in [0.4, 0.5) is 4.39 Å². The summed E-state index contributed by atoms with van der Waals surface area (Å²) in [6.07, 6.45) is 14.1. The van der Waals surface area contributed by atoms with E-state index in [1.807, 2.05) is 30.6 Å². The Hall–Kier alpha value is -3.17. The molecule has 1 aromatic carbocycles. The predicted molar refractivity (Wildman–Crippen MR) is 114 cm³/mol. The fourth-order valence-corrected chi connectivity index (χ4v) is 2.96. The lowest BCUT2D eigenvalue weighted by atomic mass is 9.97. The average Bonchev–Trinajstić information content (AvgIpc) is 2.76. The molecule has 2 rings (SSSR count). The largest absolute Gasteiger partial charge is 0.459 e. The highest BCUT2D eigenvalue weighted by atomic mass is 19.1. The van der Waals surface area contributed by atoms with Crippen molar-refractivity contribution < 1.29 is 19.0 Å². The molecule has 0 bridgehead atoms. The van der Waals surface area contributed by atoms with Gasteiger partial charge in [0.15, 0.2) is 0 Å². The number of nitrogens with zero attached hydrogens (tertiary/aromatic N) is 2. The molecule has 0 aliphatic carbocycles. The molecule has 1 heterocycles. The first-order valence-electron chi connectivity index (χ1n) is 10.1. The Balaban J connectivity index is 2.29. The number of rotatable bonds is 10. The molecule has 0 radical (unpaired) electrons. The van der Waals surface area contributed by atoms with Gasteiger partial charge in [-0.1, -0.05) is 38.3 Å². The Morgan fingerprint density at radius 2 is 1.90 bits per heavy atom. The van der Waals surface area contributed by atoms with Crippen LogP contribution in [0.1, 0.15) is 38.2 Å². The van der Waals surface area contributed by atoms with Gasteiger partial charge in [-0.05, 0) is 47.9 Å². The van der Waals surface area contributed by atoms with Crippen LogP contribution in [0.5, 0.6) is 0 Å². The number of unbranched alkanes of at least 4 members (excludes halogenated alkanes) is 3. The molecule has 30 heavy (non-hydrogen) atoms. The second kappa shape index (κ2) is 12.4. The molecule has 0 unspecified atom stereocenters. The normalized spacial score (nSPS) is 13.7. The molecule has 0 fully saturated rings. The van der Waals surface area contributed by atoms with Crippen LogP contribution >= 0.6 is 0 Å². The number of nitriles is 1. The quantitative estimate of drug-likeness (QED) is 0.266. The molecular weight excluding hydrogens is 383 g/mol. The molecule has 158 valence electrons. The lowest BCUT2D eigenvalue weighted by Gasteiger charge is -2.19. The zero-order valence-corrected chi connectivity index (χ0v) is 17.2. The molecule has 0 saturated heterocycles. The van der Waals surface area contributed by atoms with Crippen molar-refractivity contribution in [2.24, 2.45) is 0 Å². The van der Waals surface area contributed by atoms with E-state index in [9.17, 15) is 14.4 Å². The fourth-order valence-electron chi connectivity index (χ4n) is 2.96. The van der Waals surface area contributed by atoms with Crippen LogP contribution in [0, 0.1) is 17.1 Å². The van der Waals surface area contributed by atoms with Crippen molar-refractivity contribution in [3.05, 3.63) is 77.4 Å². The molecule has 1 aromatic rings. The van der Waals surface area contributed by atoms with Crippen LogP contribution in [0.25, 0.3) is 5.57 Å². The SMILES string of the molecule is CCCCCCN1C=CC(=C/C(=C(/C#N)C(=O)OCCO)c2ccc(F)cc2)C=C1. The second-order valence-corrected chi connectivity index (χ2v) is 6.84. The first-order valence-corrected chi connectivity index (χ1v) is 10.1. The van der Waals surface area contributed by atoms with E-state index in [1.54, 1.807) is 6.08 Å². The van der Waals surface area contributed by atoms with Crippen molar-refractivity contribution >= 4 is 11.5 Å². The minimum atomic E-state index is -0.830. The number of allylic oxidation sites excluding steroid dienone is 5. The minimum Gasteiger partial charge on any atom is -0.459 e. The molecule has 0 atom stereocenters. The molecule has 6 heteroatoms. The van der Waals surface area contributed by atoms with Crippen LogP contribution in [0.2, 0.25) is 0 Å². The minimum absolute atomic E-state index is 0.202. The highest BCUT2D eigenvalue weighted by molar-refractivity contribution is 6.04. The number of carbonyl (C=O) groups excluding carboxylic acids is 1. The van der Waals surface area contributed by atoms with Crippen LogP contribution < -0.4 is 0 Å². The van der Waals surface area contributed by atoms with Gasteiger partial charge in [0.25, 0.3) is 0 Å². The van der Waals surface area contributed by atoms with Crippen LogP contribution in [0.3, 0.4) is 0 Å². The number of aliphatic hydroxyl groups is 1. The van der Waals surface area contributed by atoms with Gasteiger partial charge in [-0.3, -0.25) is 0 Å². The van der Waals surface area contributed by atoms with E-state index in [0.717, 1.165) is 18.5 Å². The second-order valence-electron chi connectivity index (χ2n) is 6.84. The Morgan fingerprint density at radius 3 is 2.50 bits per heavy atom. The summed E-state index contributed by atoms with van der Waals surface area (Å²) in [5.74, 6) is -1.24. The number of halogens is 1. The third-order valence-corrected chi connectivity index (χ3v) is 4.56. The molecule has 0 saturated carbocycles. The highest BCUT2D eigenvalue weighted by Crippen LogP contribution is 2.25. The van der Waals surface area contributed by atoms with Crippen LogP contribution in [-0.2, 0) is 9.53 Å². The number of benzene rings is 1. The van der Waals surface area contributed by atoms with E-state index in [1.165, 1.54) is 43.5 Å². The summed E-state index contributed by atoms with van der Waals surface area (Å²) in [6.45, 7) is 2.57. The van der Waals surface area contributed by atoms with Gasteiger partial charge >= 0.3 is 5.97 Å². The Kier molecular flexibility index (Phi) is 9.56. The standard InChI is InChI=1S/C24H27FN2O3/c1-2-3-4-5-12-27-13-10-19(11-14-27)17-22(20-6-8-21(25)9-7-20)23(18-26)24(29)30-16-15-28/h6-11,13-14,17,28H,2-5,12,15-16H2,1H3/b23-22+. The summed E-state index contributed by atoms with van der Waals surface area (Å²) in [7, 11) is 0. The molecule has 0 amide bonds. The van der Waals surface area contributed by atoms with Crippen molar-refractivity contribution in [1.29, 1.82) is 5.26 Å². The summed E-state index contributed by atoms with van der Waals surface area (Å²) in [5, 5.41) is 18.5. The molecule has 1 aliphatic heterocycles. The van der Waals surface area contributed by atoms with E-state index in [2.05, 4.69) is 11.8 Å². The van der Waals surface area contributed by atoms with Gasteiger partial charge in [0, 0.05) is 24.5 Å². The third kappa shape index (κ3) is 7.02. The lowest BCUT2D eigenvalue weighted by Crippen LogP contribution is -2.13. The van der Waals surface area contributed by atoms with E-state index in [4.69, 9.17) is 9.84 Å². The Bertz CT molecular complexity index is 861. The van der Waals surface area contributed by atoms with Gasteiger partial charge in [-0.15, -0.1) is 0 Å². The average molecular weight is 410 g/mol. The highest BCUT2D eigenvalue weighted by Gasteiger charge is 2.18. The van der Waals surface area contributed by atoms with Crippen LogP contribution in [-0.4, -0.2) is 35.7 Å². The van der Waals surface area contributed by atoms with E-state index in [0.29, 0.717) is 11.1 Å². The topological polar surface area (TPSA) is 73.6 Å². The molecule has 5 nitrogen and oxygen atoms in total. The van der Waals surface area contributed by atoms with Gasteiger partial charge in [-0.25, -0.2) is 9.18 Å². The van der Waals surface area contributed by atoms with Crippen molar-refractivity contribution in [3.8, 4) is 6.07 Å². The molecule has 1 aliphatic rings. The maximum atomic E-state index is 13.4. The van der Waals surface area contributed by atoms with E-state index < -0.39 is 11.8 Å². The van der Waals surface area contributed by atoms with Crippen molar-refractivity contribution in [2.45, 2.75) is 32.6 Å². The number of hydrogen-bond donors (Lipinski definition) is 1. The molecular formula is C24H27FN2O3. The predicted octanol–water partition coefficient (Wildman–Crippen LogP) is 4.49. The number of ether oxygens (including phenoxy) is 1. The first kappa shape index (κ1) is 23.1. The van der Waals surface area contributed by atoms with Gasteiger partial charge in [0.1, 0.15) is 24.1 Å². The van der Waals surface area contributed by atoms with E-state index in [-0.39, 0.29) is 18.8 Å². The molecule has 0 spiro atoms. The summed E-state index contributed by atoms with van der Waals surface area (Å²) in [6, 6.07) is 7.45. The number of esters is 1. The van der Waals surface area contributed by atoms with Gasteiger partial charge in [-0.2, -0.15) is 5.26 Å². The zero-order valence-electron chi connectivity index (χ0n) is 17.2. The third-order valence-electron chi connectivity index (χ3n) is 4.56. The summed E-state index contributed by atoms with van der Waals surface area (Å²) >= 11 is 0. The van der Waals surface area contributed by atoms with Gasteiger partial charge in [0.2, 0.25) is 0 Å². The zero-order chi connectivity index (χ0) is 21.8. The Morgan fingerprint density at radius 1 is 1.20 bits per heavy atom. The smallest absolute Gasteiger partial charge is 0.349 e. The molecule has 0 aromatic heterocycles. The van der Waals surface area contributed by atoms with E-state index >= 15 is 0 Å². The molecule has 1 N–H and O–H groups in total. The van der Waals surface area contributed by atoms with Crippen molar-refractivity contribution in [1.82, 2.24) is 4.90 Å². The fraction of sp³-hybridized carbons (Fsp3) is 0.333. The first-order chi connectivity index (χ1) is 14.6. The van der Waals surface area contributed by atoms with Crippen molar-refractivity contribution in [2.75, 3.05) is 19.8 Å². The maximum Gasteiger partial charge on any atom is 0.349 e. The van der Waals surface area contributed by atoms with Gasteiger partial charge in [0.05, 0.1) is 6.61 Å². The van der Waals surface area contributed by atoms with Gasteiger partial charge < -0.3 is 14.7 Å². The number of aliphatic hydroxyl groups excluding tert-OH is 1.